The molecule has 3 nitrogen and oxygen atoms in total. The van der Waals surface area contributed by atoms with E-state index in [1.807, 2.05) is 12.1 Å². The van der Waals surface area contributed by atoms with E-state index in [0.717, 1.165) is 15.6 Å². The summed E-state index contributed by atoms with van der Waals surface area (Å²) in [5.74, 6) is 0.799. The van der Waals surface area contributed by atoms with Crippen LogP contribution >= 0.6 is 46.7 Å². The lowest BCUT2D eigenvalue weighted by atomic mass is 10.2. The Morgan fingerprint density at radius 1 is 1.53 bits per heavy atom. The van der Waals surface area contributed by atoms with Gasteiger partial charge in [0.15, 0.2) is 0 Å². The molecular formula is C12H8Cl2N2OS2. The highest BCUT2D eigenvalue weighted by Gasteiger charge is 2.27. The molecule has 1 atom stereocenters. The average Bonchev–Trinajstić information content (AvgIpc) is 2.85. The van der Waals surface area contributed by atoms with Gasteiger partial charge in [-0.25, -0.2) is 0 Å². The summed E-state index contributed by atoms with van der Waals surface area (Å²) >= 11 is 15.1. The fraction of sp³-hybridized carbons (Fsp3) is 0.167. The van der Waals surface area contributed by atoms with Gasteiger partial charge in [-0.05, 0) is 17.7 Å². The van der Waals surface area contributed by atoms with Crippen molar-refractivity contribution in [3.63, 3.8) is 0 Å². The molecule has 0 saturated carbocycles. The Kier molecular flexibility index (Phi) is 5.06. The minimum atomic E-state index is 0.154. The lowest BCUT2D eigenvalue weighted by Gasteiger charge is -2.10. The summed E-state index contributed by atoms with van der Waals surface area (Å²) in [5, 5.41) is 12.7. The largest absolute Gasteiger partial charge is 0.319 e. The van der Waals surface area contributed by atoms with Gasteiger partial charge in [0.1, 0.15) is 11.8 Å². The van der Waals surface area contributed by atoms with Crippen molar-refractivity contribution >= 4 is 53.1 Å². The third-order valence-electron chi connectivity index (χ3n) is 2.44. The van der Waals surface area contributed by atoms with E-state index < -0.39 is 0 Å². The summed E-state index contributed by atoms with van der Waals surface area (Å²) in [4.78, 5) is 10.4. The Bertz CT molecular complexity index is 584. The van der Waals surface area contributed by atoms with E-state index in [9.17, 15) is 4.79 Å². The number of carbonyl (C=O) groups excluding carboxylic acids is 1. The van der Waals surface area contributed by atoms with Crippen LogP contribution in [-0.2, 0) is 4.79 Å². The second-order valence-electron chi connectivity index (χ2n) is 3.62. The molecule has 1 aliphatic heterocycles. The molecule has 1 fully saturated rings. The zero-order valence-electron chi connectivity index (χ0n) is 9.52. The molecule has 2 rings (SSSR count). The predicted octanol–water partition coefficient (Wildman–Crippen LogP) is 3.95. The van der Waals surface area contributed by atoms with Crippen molar-refractivity contribution < 1.29 is 4.79 Å². The van der Waals surface area contributed by atoms with Gasteiger partial charge in [0.05, 0.1) is 4.24 Å². The monoisotopic (exact) mass is 330 g/mol. The first kappa shape index (κ1) is 14.6. The predicted molar refractivity (Wildman–Crippen MR) is 81.1 cm³/mol. The molecule has 0 aliphatic carbocycles. The minimum absolute atomic E-state index is 0.154. The zero-order valence-corrected chi connectivity index (χ0v) is 12.7. The summed E-state index contributed by atoms with van der Waals surface area (Å²) in [6, 6.07) is 7.38. The van der Waals surface area contributed by atoms with Gasteiger partial charge in [0.25, 0.3) is 0 Å². The van der Waals surface area contributed by atoms with Crippen LogP contribution in [0.3, 0.4) is 0 Å². The molecule has 1 aromatic rings. The lowest BCUT2D eigenvalue weighted by molar-refractivity contribution is -0.108. The van der Waals surface area contributed by atoms with E-state index >= 15 is 0 Å². The molecule has 1 saturated heterocycles. The molecule has 1 amide bonds. The van der Waals surface area contributed by atoms with Crippen molar-refractivity contribution in [2.75, 3.05) is 5.75 Å². The molecule has 0 radical (unpaired) electrons. The maximum atomic E-state index is 10.4. The van der Waals surface area contributed by atoms with Crippen LogP contribution < -0.4 is 5.32 Å². The summed E-state index contributed by atoms with van der Waals surface area (Å²) in [6.07, 6.45) is 0.509. The molecular weight excluding hydrogens is 323 g/mol. The molecule has 0 aromatic heterocycles. The number of nitrogens with zero attached hydrogens (tertiary/aromatic N) is 1. The van der Waals surface area contributed by atoms with Gasteiger partial charge in [-0.15, -0.1) is 23.5 Å². The van der Waals surface area contributed by atoms with E-state index in [1.165, 1.54) is 23.5 Å². The van der Waals surface area contributed by atoms with Crippen LogP contribution in [0, 0.1) is 11.3 Å². The van der Waals surface area contributed by atoms with Crippen molar-refractivity contribution in [3.8, 4) is 6.07 Å². The van der Waals surface area contributed by atoms with Crippen LogP contribution in [0.25, 0.3) is 0 Å². The molecule has 1 N–H and O–H groups in total. The number of hydrogen-bond donors (Lipinski definition) is 1. The van der Waals surface area contributed by atoms with E-state index in [2.05, 4.69) is 5.32 Å². The van der Waals surface area contributed by atoms with Crippen LogP contribution in [0.4, 0.5) is 0 Å². The van der Waals surface area contributed by atoms with Crippen LogP contribution in [0.2, 0.25) is 10.0 Å². The minimum Gasteiger partial charge on any atom is -0.319 e. The molecule has 7 heteroatoms. The zero-order chi connectivity index (χ0) is 13.8. The number of nitriles is 1. The quantitative estimate of drug-likeness (QED) is 0.673. The number of halogens is 2. The third kappa shape index (κ3) is 3.40. The average molecular weight is 331 g/mol. The van der Waals surface area contributed by atoms with Crippen molar-refractivity contribution in [1.29, 1.82) is 5.26 Å². The Hall–Kier alpha value is -0.800. The van der Waals surface area contributed by atoms with E-state index in [4.69, 9.17) is 28.5 Å². The van der Waals surface area contributed by atoms with Crippen LogP contribution in [-0.4, -0.2) is 12.2 Å². The summed E-state index contributed by atoms with van der Waals surface area (Å²) in [5.41, 5.74) is 1.28. The third-order valence-corrected chi connectivity index (χ3v) is 5.95. The summed E-state index contributed by atoms with van der Waals surface area (Å²) in [6.45, 7) is 0. The van der Waals surface area contributed by atoms with Gasteiger partial charge < -0.3 is 5.32 Å². The Morgan fingerprint density at radius 3 is 2.95 bits per heavy atom. The molecule has 1 heterocycles. The van der Waals surface area contributed by atoms with Gasteiger partial charge in [0.2, 0.25) is 6.41 Å². The van der Waals surface area contributed by atoms with Crippen LogP contribution in [0.1, 0.15) is 10.8 Å². The Morgan fingerprint density at radius 2 is 2.32 bits per heavy atom. The van der Waals surface area contributed by atoms with Gasteiger partial charge in [-0.1, -0.05) is 29.3 Å². The van der Waals surface area contributed by atoms with E-state index in [0.29, 0.717) is 16.5 Å². The number of benzene rings is 1. The lowest BCUT2D eigenvalue weighted by Crippen LogP contribution is -2.09. The highest BCUT2D eigenvalue weighted by atomic mass is 35.5. The summed E-state index contributed by atoms with van der Waals surface area (Å²) < 4.78 is 0.811. The van der Waals surface area contributed by atoms with Gasteiger partial charge in [0, 0.05) is 21.0 Å². The van der Waals surface area contributed by atoms with E-state index in [1.54, 1.807) is 12.1 Å². The topological polar surface area (TPSA) is 52.9 Å². The van der Waals surface area contributed by atoms with Crippen LogP contribution in [0.15, 0.2) is 28.1 Å². The standard InChI is InChI=1S/C12H8Cl2N2OS2/c13-7-1-2-8(9(14)3-7)11-5-18-12(19-11)10(4-15)16-6-17/h1-3,6,11H,5H2,(H,16,17)/b12-10+/t11-/m0/s1. The van der Waals surface area contributed by atoms with Gasteiger partial charge in [-0.2, -0.15) is 5.26 Å². The molecule has 1 aliphatic rings. The van der Waals surface area contributed by atoms with Crippen molar-refractivity contribution in [2.45, 2.75) is 5.25 Å². The first-order valence-corrected chi connectivity index (χ1v) is 7.86. The number of carbonyl (C=O) groups is 1. The number of amides is 1. The maximum absolute atomic E-state index is 10.4. The van der Waals surface area contributed by atoms with E-state index in [-0.39, 0.29) is 10.9 Å². The SMILES string of the molecule is N#C/C(NC=O)=C1/SC[C@@H](c2ccc(Cl)cc2Cl)S1. The highest BCUT2D eigenvalue weighted by molar-refractivity contribution is 8.25. The van der Waals surface area contributed by atoms with Gasteiger partial charge >= 0.3 is 0 Å². The van der Waals surface area contributed by atoms with Crippen LogP contribution in [0.5, 0.6) is 0 Å². The molecule has 19 heavy (non-hydrogen) atoms. The molecule has 0 unspecified atom stereocenters. The fourth-order valence-corrected chi connectivity index (χ4v) is 5.04. The van der Waals surface area contributed by atoms with Gasteiger partial charge in [-0.3, -0.25) is 4.79 Å². The fourth-order valence-electron chi connectivity index (χ4n) is 1.59. The number of nitrogens with one attached hydrogen (secondary N) is 1. The molecule has 98 valence electrons. The van der Waals surface area contributed by atoms with Crippen molar-refractivity contribution in [3.05, 3.63) is 43.7 Å². The second kappa shape index (κ2) is 6.58. The highest BCUT2D eigenvalue weighted by Crippen LogP contribution is 2.52. The molecule has 1 aromatic carbocycles. The molecule has 0 bridgehead atoms. The maximum Gasteiger partial charge on any atom is 0.212 e. The Balaban J connectivity index is 2.23. The first-order chi connectivity index (χ1) is 9.15. The first-order valence-electron chi connectivity index (χ1n) is 5.24. The number of hydrogen-bond acceptors (Lipinski definition) is 4. The summed E-state index contributed by atoms with van der Waals surface area (Å²) in [7, 11) is 0. The Labute approximate surface area is 129 Å². The normalized spacial score (nSPS) is 20.8. The second-order valence-corrected chi connectivity index (χ2v) is 6.97. The van der Waals surface area contributed by atoms with Crippen molar-refractivity contribution in [1.82, 2.24) is 5.32 Å². The number of rotatable bonds is 3. The van der Waals surface area contributed by atoms with Crippen molar-refractivity contribution in [2.24, 2.45) is 0 Å². The molecule has 0 spiro atoms. The number of thioether (sulfide) groups is 2. The number of allylic oxidation sites excluding steroid dienone is 1. The smallest absolute Gasteiger partial charge is 0.212 e.